The third-order valence-electron chi connectivity index (χ3n) is 1.80. The predicted octanol–water partition coefficient (Wildman–Crippen LogP) is -0.311. The molecule has 0 radical (unpaired) electrons. The van der Waals surface area contributed by atoms with Crippen molar-refractivity contribution in [3.63, 3.8) is 0 Å². The van der Waals surface area contributed by atoms with Crippen molar-refractivity contribution in [2.45, 2.75) is 6.54 Å². The number of rotatable bonds is 3. The summed E-state index contributed by atoms with van der Waals surface area (Å²) in [7, 11) is 3.23. The summed E-state index contributed by atoms with van der Waals surface area (Å²) in [5.74, 6) is 1.45. The predicted molar refractivity (Wildman–Crippen MR) is 54.2 cm³/mol. The van der Waals surface area contributed by atoms with E-state index in [0.29, 0.717) is 6.54 Å². The van der Waals surface area contributed by atoms with E-state index in [4.69, 9.17) is 15.2 Å². The quantitative estimate of drug-likeness (QED) is 0.744. The van der Waals surface area contributed by atoms with Gasteiger partial charge in [-0.05, 0) is 0 Å². The van der Waals surface area contributed by atoms with Crippen LogP contribution in [-0.2, 0) is 6.54 Å². The first-order valence-corrected chi connectivity index (χ1v) is 4.80. The van der Waals surface area contributed by atoms with Crippen molar-refractivity contribution in [2.75, 3.05) is 14.2 Å². The van der Waals surface area contributed by atoms with Crippen molar-refractivity contribution < 1.29 is 9.47 Å². The average Bonchev–Trinajstić information content (AvgIpc) is 2.17. The van der Waals surface area contributed by atoms with Gasteiger partial charge in [-0.1, -0.05) is 0 Å². The van der Waals surface area contributed by atoms with Gasteiger partial charge in [0.15, 0.2) is 0 Å². The van der Waals surface area contributed by atoms with Crippen LogP contribution in [-0.4, -0.2) is 30.2 Å². The standard InChI is InChI=1S/C9H13NO2Se/c1-11-7-3-6(5-10)9(13)4-8(7)12-2/h3-4,13H,5,10H2,1-2H3. The first kappa shape index (κ1) is 10.4. The molecule has 0 heterocycles. The zero-order chi connectivity index (χ0) is 9.84. The Balaban J connectivity index is 3.18. The van der Waals surface area contributed by atoms with Gasteiger partial charge < -0.3 is 0 Å². The molecule has 0 aliphatic heterocycles. The third-order valence-corrected chi connectivity index (χ3v) is 2.68. The van der Waals surface area contributed by atoms with Gasteiger partial charge in [-0.25, -0.2) is 0 Å². The van der Waals surface area contributed by atoms with Gasteiger partial charge in [0.2, 0.25) is 0 Å². The van der Waals surface area contributed by atoms with E-state index in [1.807, 2.05) is 12.1 Å². The molecule has 3 nitrogen and oxygen atoms in total. The van der Waals surface area contributed by atoms with Gasteiger partial charge >= 0.3 is 85.6 Å². The van der Waals surface area contributed by atoms with Gasteiger partial charge in [-0.3, -0.25) is 0 Å². The van der Waals surface area contributed by atoms with Crippen LogP contribution in [0, 0.1) is 0 Å². The fraction of sp³-hybridized carbons (Fsp3) is 0.333. The molecule has 1 aromatic rings. The van der Waals surface area contributed by atoms with E-state index in [2.05, 4.69) is 16.0 Å². The summed E-state index contributed by atoms with van der Waals surface area (Å²) in [6.45, 7) is 0.504. The Morgan fingerprint density at radius 2 is 1.77 bits per heavy atom. The van der Waals surface area contributed by atoms with Crippen LogP contribution in [0.5, 0.6) is 11.5 Å². The molecule has 2 N–H and O–H groups in total. The summed E-state index contributed by atoms with van der Waals surface area (Å²) in [6, 6.07) is 3.80. The van der Waals surface area contributed by atoms with E-state index in [1.165, 1.54) is 0 Å². The molecule has 1 aromatic carbocycles. The van der Waals surface area contributed by atoms with Crippen LogP contribution in [0.3, 0.4) is 0 Å². The number of benzene rings is 1. The van der Waals surface area contributed by atoms with E-state index in [-0.39, 0.29) is 0 Å². The van der Waals surface area contributed by atoms with Crippen molar-refractivity contribution in [3.8, 4) is 11.5 Å². The molecule has 0 spiro atoms. The van der Waals surface area contributed by atoms with Crippen LogP contribution in [0.4, 0.5) is 0 Å². The molecule has 72 valence electrons. The number of ether oxygens (including phenoxy) is 2. The zero-order valence-corrected chi connectivity index (χ0v) is 9.58. The van der Waals surface area contributed by atoms with Crippen molar-refractivity contribution in [2.24, 2.45) is 5.73 Å². The second kappa shape index (κ2) is 4.51. The molecular weight excluding hydrogens is 233 g/mol. The summed E-state index contributed by atoms with van der Waals surface area (Å²) in [4.78, 5) is 0. The molecule has 0 amide bonds. The first-order valence-electron chi connectivity index (χ1n) is 3.86. The molecule has 4 heteroatoms. The Hall–Kier alpha value is -0.701. The van der Waals surface area contributed by atoms with E-state index >= 15 is 0 Å². The van der Waals surface area contributed by atoms with E-state index in [9.17, 15) is 0 Å². The van der Waals surface area contributed by atoms with Gasteiger partial charge in [0.05, 0.1) is 0 Å². The van der Waals surface area contributed by atoms with Crippen LogP contribution in [0.15, 0.2) is 12.1 Å². The molecule has 13 heavy (non-hydrogen) atoms. The third kappa shape index (κ3) is 2.15. The molecule has 0 unspecified atom stereocenters. The average molecular weight is 246 g/mol. The summed E-state index contributed by atoms with van der Waals surface area (Å²) < 4.78 is 11.3. The second-order valence-corrected chi connectivity index (χ2v) is 3.55. The van der Waals surface area contributed by atoms with Crippen molar-refractivity contribution in [3.05, 3.63) is 17.7 Å². The first-order chi connectivity index (χ1) is 6.22. The van der Waals surface area contributed by atoms with Crippen LogP contribution in [0.25, 0.3) is 0 Å². The van der Waals surface area contributed by atoms with Gasteiger partial charge in [-0.15, -0.1) is 0 Å². The second-order valence-electron chi connectivity index (χ2n) is 2.54. The van der Waals surface area contributed by atoms with Crippen LogP contribution in [0.2, 0.25) is 0 Å². The fourth-order valence-corrected chi connectivity index (χ4v) is 1.65. The summed E-state index contributed by atoms with van der Waals surface area (Å²) in [5.41, 5.74) is 6.61. The van der Waals surface area contributed by atoms with E-state index in [1.54, 1.807) is 14.2 Å². The van der Waals surface area contributed by atoms with E-state index in [0.717, 1.165) is 21.5 Å². The Kier molecular flexibility index (Phi) is 3.60. The summed E-state index contributed by atoms with van der Waals surface area (Å²) in [6.07, 6.45) is 0. The molecule has 0 atom stereocenters. The van der Waals surface area contributed by atoms with Crippen LogP contribution < -0.4 is 19.7 Å². The molecular formula is C9H13NO2Se. The zero-order valence-electron chi connectivity index (χ0n) is 7.70. The number of methoxy groups -OCH3 is 2. The number of hydrogen-bond donors (Lipinski definition) is 1. The SMILES string of the molecule is COc1cc([SeH])c(CN)cc1OC. The van der Waals surface area contributed by atoms with Gasteiger partial charge in [0.25, 0.3) is 0 Å². The Morgan fingerprint density at radius 3 is 2.23 bits per heavy atom. The van der Waals surface area contributed by atoms with Crippen molar-refractivity contribution in [1.29, 1.82) is 0 Å². The van der Waals surface area contributed by atoms with Crippen LogP contribution in [0.1, 0.15) is 5.56 Å². The Labute approximate surface area is 86.0 Å². The molecule has 0 bridgehead atoms. The summed E-state index contributed by atoms with van der Waals surface area (Å²) >= 11 is 2.47. The normalized spacial score (nSPS) is 9.85. The molecule has 0 fully saturated rings. The van der Waals surface area contributed by atoms with Crippen molar-refractivity contribution >= 4 is 20.5 Å². The molecule has 0 aliphatic rings. The van der Waals surface area contributed by atoms with Gasteiger partial charge in [-0.2, -0.15) is 0 Å². The Bertz CT molecular complexity index is 302. The van der Waals surface area contributed by atoms with Gasteiger partial charge in [0.1, 0.15) is 0 Å². The molecule has 0 aromatic heterocycles. The molecule has 0 saturated carbocycles. The fourth-order valence-electron chi connectivity index (χ4n) is 1.07. The summed E-state index contributed by atoms with van der Waals surface area (Å²) in [5, 5.41) is 0. The van der Waals surface area contributed by atoms with Crippen LogP contribution >= 0.6 is 0 Å². The van der Waals surface area contributed by atoms with Gasteiger partial charge in [0, 0.05) is 0 Å². The Morgan fingerprint density at radius 1 is 1.23 bits per heavy atom. The van der Waals surface area contributed by atoms with E-state index < -0.39 is 0 Å². The molecule has 0 aliphatic carbocycles. The monoisotopic (exact) mass is 247 g/mol. The minimum absolute atomic E-state index is 0.504. The maximum atomic E-state index is 5.56. The minimum atomic E-state index is 0.504. The topological polar surface area (TPSA) is 44.5 Å². The number of hydrogen-bond acceptors (Lipinski definition) is 3. The number of nitrogens with two attached hydrogens (primary N) is 1. The molecule has 1 rings (SSSR count). The molecule has 0 saturated heterocycles. The van der Waals surface area contributed by atoms with Crippen molar-refractivity contribution in [1.82, 2.24) is 0 Å². The maximum absolute atomic E-state index is 5.56.